The molecule has 0 spiro atoms. The number of nitrogens with zero attached hydrogens (tertiary/aromatic N) is 1. The van der Waals surface area contributed by atoms with E-state index in [-0.39, 0.29) is 18.7 Å². The number of ether oxygens (including phenoxy) is 3. The summed E-state index contributed by atoms with van der Waals surface area (Å²) in [6.07, 6.45) is -4.67. The van der Waals surface area contributed by atoms with Crippen LogP contribution in [0.5, 0.6) is 5.75 Å². The van der Waals surface area contributed by atoms with Gasteiger partial charge in [0.25, 0.3) is 0 Å². The fourth-order valence-electron chi connectivity index (χ4n) is 2.83. The molecule has 0 aliphatic carbocycles. The highest BCUT2D eigenvalue weighted by Gasteiger charge is 2.39. The predicted octanol–water partition coefficient (Wildman–Crippen LogP) is 4.50. The van der Waals surface area contributed by atoms with E-state index in [0.717, 1.165) is 12.1 Å². The first-order chi connectivity index (χ1) is 12.5. The van der Waals surface area contributed by atoms with Gasteiger partial charge in [0.15, 0.2) is 0 Å². The smallest absolute Gasteiger partial charge is 0.416 e. The van der Waals surface area contributed by atoms with Gasteiger partial charge in [-0.1, -0.05) is 0 Å². The van der Waals surface area contributed by atoms with E-state index in [1.54, 1.807) is 25.7 Å². The topological polar surface area (TPSA) is 48.0 Å². The van der Waals surface area contributed by atoms with Crippen LogP contribution in [0.25, 0.3) is 0 Å². The zero-order valence-electron chi connectivity index (χ0n) is 16.0. The normalized spacial score (nSPS) is 20.6. The van der Waals surface area contributed by atoms with Crippen molar-refractivity contribution in [2.45, 2.75) is 58.0 Å². The monoisotopic (exact) mass is 389 g/mol. The van der Waals surface area contributed by atoms with Gasteiger partial charge in [0.05, 0.1) is 24.8 Å². The van der Waals surface area contributed by atoms with Crippen molar-refractivity contribution in [2.24, 2.45) is 0 Å². The van der Waals surface area contributed by atoms with Crippen LogP contribution in [-0.2, 0) is 15.7 Å². The largest absolute Gasteiger partial charge is 0.489 e. The number of amides is 1. The summed E-state index contributed by atoms with van der Waals surface area (Å²) in [5, 5.41) is 0. The fraction of sp³-hybridized carbons (Fsp3) is 0.632. The third kappa shape index (κ3) is 6.30. The van der Waals surface area contributed by atoms with Gasteiger partial charge in [-0.05, 0) is 52.0 Å². The van der Waals surface area contributed by atoms with Crippen LogP contribution in [0.2, 0.25) is 0 Å². The molecule has 0 aromatic heterocycles. The number of halogens is 3. The van der Waals surface area contributed by atoms with Crippen molar-refractivity contribution in [3.8, 4) is 5.75 Å². The van der Waals surface area contributed by atoms with Crippen molar-refractivity contribution in [2.75, 3.05) is 19.8 Å². The number of hydrogen-bond acceptors (Lipinski definition) is 4. The minimum atomic E-state index is -4.39. The van der Waals surface area contributed by atoms with Crippen molar-refractivity contribution < 1.29 is 32.2 Å². The Morgan fingerprint density at radius 1 is 1.19 bits per heavy atom. The van der Waals surface area contributed by atoms with Crippen molar-refractivity contribution >= 4 is 6.09 Å². The lowest BCUT2D eigenvalue weighted by atomic mass is 10.2. The Labute approximate surface area is 157 Å². The average molecular weight is 389 g/mol. The molecule has 1 aliphatic rings. The summed E-state index contributed by atoms with van der Waals surface area (Å²) in [6, 6.07) is 4.33. The third-order valence-corrected chi connectivity index (χ3v) is 4.00. The second-order valence-electron chi connectivity index (χ2n) is 7.44. The Hall–Kier alpha value is -1.96. The highest BCUT2D eigenvalue weighted by atomic mass is 19.4. The number of alkyl halides is 3. The van der Waals surface area contributed by atoms with Crippen LogP contribution in [0.3, 0.4) is 0 Å². The van der Waals surface area contributed by atoms with Gasteiger partial charge in [0.2, 0.25) is 0 Å². The van der Waals surface area contributed by atoms with Crippen LogP contribution >= 0.6 is 0 Å². The van der Waals surface area contributed by atoms with Crippen LogP contribution in [0, 0.1) is 0 Å². The SMILES string of the molecule is CCOC[C@@H]1C[C@H](Oc2ccc(C(F)(F)F)cc2)CN1C(=O)OC(C)(C)C. The molecule has 1 saturated heterocycles. The lowest BCUT2D eigenvalue weighted by molar-refractivity contribution is -0.137. The number of carbonyl (C=O) groups excluding carboxylic acids is 1. The molecule has 1 heterocycles. The summed E-state index contributed by atoms with van der Waals surface area (Å²) in [7, 11) is 0. The minimum Gasteiger partial charge on any atom is -0.489 e. The van der Waals surface area contributed by atoms with E-state index in [4.69, 9.17) is 14.2 Å². The molecular weight excluding hydrogens is 363 g/mol. The van der Waals surface area contributed by atoms with Gasteiger partial charge in [-0.3, -0.25) is 4.90 Å². The van der Waals surface area contributed by atoms with Crippen LogP contribution < -0.4 is 4.74 Å². The number of likely N-dealkylation sites (tertiary alicyclic amines) is 1. The van der Waals surface area contributed by atoms with E-state index >= 15 is 0 Å². The van der Waals surface area contributed by atoms with Gasteiger partial charge in [-0.25, -0.2) is 4.79 Å². The van der Waals surface area contributed by atoms with Crippen LogP contribution in [-0.4, -0.2) is 48.5 Å². The molecule has 5 nitrogen and oxygen atoms in total. The summed E-state index contributed by atoms with van der Waals surface area (Å²) < 4.78 is 54.6. The summed E-state index contributed by atoms with van der Waals surface area (Å²) in [6.45, 7) is 8.38. The molecule has 0 unspecified atom stereocenters. The summed E-state index contributed by atoms with van der Waals surface area (Å²) in [5.74, 6) is 0.328. The molecule has 0 saturated carbocycles. The molecule has 0 N–H and O–H groups in total. The molecule has 8 heteroatoms. The molecule has 0 bridgehead atoms. The molecule has 2 atom stereocenters. The van der Waals surface area contributed by atoms with E-state index in [2.05, 4.69) is 0 Å². The molecule has 27 heavy (non-hydrogen) atoms. The average Bonchev–Trinajstić information content (AvgIpc) is 2.94. The van der Waals surface area contributed by atoms with Gasteiger partial charge in [0.1, 0.15) is 17.5 Å². The quantitative estimate of drug-likeness (QED) is 0.744. The van der Waals surface area contributed by atoms with Crippen LogP contribution in [0.4, 0.5) is 18.0 Å². The lowest BCUT2D eigenvalue weighted by Gasteiger charge is -2.28. The van der Waals surface area contributed by atoms with E-state index in [1.807, 2.05) is 6.92 Å². The molecule has 1 aromatic rings. The Balaban J connectivity index is 2.04. The van der Waals surface area contributed by atoms with Gasteiger partial charge in [-0.2, -0.15) is 13.2 Å². The Morgan fingerprint density at radius 2 is 1.81 bits per heavy atom. The maximum Gasteiger partial charge on any atom is 0.416 e. The maximum absolute atomic E-state index is 12.7. The van der Waals surface area contributed by atoms with Crippen molar-refractivity contribution in [3.63, 3.8) is 0 Å². The lowest BCUT2D eigenvalue weighted by Crippen LogP contribution is -2.42. The molecule has 2 rings (SSSR count). The molecule has 152 valence electrons. The van der Waals surface area contributed by atoms with Crippen molar-refractivity contribution in [1.82, 2.24) is 4.90 Å². The van der Waals surface area contributed by atoms with Crippen LogP contribution in [0.15, 0.2) is 24.3 Å². The maximum atomic E-state index is 12.7. The highest BCUT2D eigenvalue weighted by molar-refractivity contribution is 5.69. The molecule has 1 aromatic carbocycles. The van der Waals surface area contributed by atoms with Gasteiger partial charge in [-0.15, -0.1) is 0 Å². The molecule has 1 aliphatic heterocycles. The Morgan fingerprint density at radius 3 is 2.33 bits per heavy atom. The van der Waals surface area contributed by atoms with Gasteiger partial charge >= 0.3 is 12.3 Å². The molecule has 0 radical (unpaired) electrons. The standard InChI is InChI=1S/C19H26F3NO4/c1-5-25-12-14-10-16(11-23(14)17(24)27-18(2,3)4)26-15-8-6-13(7-9-15)19(20,21)22/h6-9,14,16H,5,10-12H2,1-4H3/t14-,16-/m0/s1. The van der Waals surface area contributed by atoms with E-state index < -0.39 is 23.4 Å². The first kappa shape index (κ1) is 21.3. The first-order valence-corrected chi connectivity index (χ1v) is 8.91. The Kier molecular flexibility index (Phi) is 6.62. The van der Waals surface area contributed by atoms with Gasteiger partial charge < -0.3 is 14.2 Å². The summed E-state index contributed by atoms with van der Waals surface area (Å²) in [4.78, 5) is 14.0. The summed E-state index contributed by atoms with van der Waals surface area (Å²) >= 11 is 0. The van der Waals surface area contributed by atoms with E-state index in [1.165, 1.54) is 12.1 Å². The van der Waals surface area contributed by atoms with Gasteiger partial charge in [0, 0.05) is 13.0 Å². The molecule has 1 fully saturated rings. The van der Waals surface area contributed by atoms with E-state index in [0.29, 0.717) is 25.4 Å². The predicted molar refractivity (Wildman–Crippen MR) is 93.7 cm³/mol. The van der Waals surface area contributed by atoms with Crippen molar-refractivity contribution in [1.29, 1.82) is 0 Å². The second-order valence-corrected chi connectivity index (χ2v) is 7.44. The highest BCUT2D eigenvalue weighted by Crippen LogP contribution is 2.31. The Bertz CT molecular complexity index is 625. The zero-order valence-corrected chi connectivity index (χ0v) is 16.0. The second kappa shape index (κ2) is 8.37. The summed E-state index contributed by atoms with van der Waals surface area (Å²) in [5.41, 5.74) is -1.36. The fourth-order valence-corrected chi connectivity index (χ4v) is 2.83. The third-order valence-electron chi connectivity index (χ3n) is 4.00. The van der Waals surface area contributed by atoms with Crippen molar-refractivity contribution in [3.05, 3.63) is 29.8 Å². The molecule has 1 amide bonds. The minimum absolute atomic E-state index is 0.209. The van der Waals surface area contributed by atoms with E-state index in [9.17, 15) is 18.0 Å². The first-order valence-electron chi connectivity index (χ1n) is 8.91. The zero-order chi connectivity index (χ0) is 20.2. The number of benzene rings is 1. The number of carbonyl (C=O) groups is 1. The van der Waals surface area contributed by atoms with Crippen LogP contribution in [0.1, 0.15) is 39.7 Å². The molecular formula is C19H26F3NO4. The number of rotatable bonds is 5. The number of hydrogen-bond donors (Lipinski definition) is 0.